The van der Waals surface area contributed by atoms with Gasteiger partial charge in [0, 0.05) is 12.8 Å². The highest BCUT2D eigenvalue weighted by atomic mass is 31.2. The Balaban J connectivity index is 5.02. The summed E-state index contributed by atoms with van der Waals surface area (Å²) in [6.45, 7) is 6.85. The van der Waals surface area contributed by atoms with Gasteiger partial charge in [0.05, 0.1) is 33.8 Å². The molecular weight excluding hydrogens is 1050 g/mol. The maximum Gasteiger partial charge on any atom is 0.306 e. The lowest BCUT2D eigenvalue weighted by atomic mass is 10.0. The van der Waals surface area contributed by atoms with Crippen molar-refractivity contribution >= 4 is 19.7 Å². The summed E-state index contributed by atoms with van der Waals surface area (Å²) < 4.78 is 30.4. The molecule has 0 aromatic rings. The second-order valence-corrected chi connectivity index (χ2v) is 26.8. The first-order valence-electron chi connectivity index (χ1n) is 35.6. The SMILES string of the molecule is CCCCC/C=C\C/C=C\C/C=C\CCCCCCCCCCCCCCC(=O)OC(/C=C/CCCCCCCCCCC)C(COP(=O)([O-])OCC[N+](C)(C)C)NC(=O)CCCCCCCCCCCCC/C=C/CCCCCCCC. The minimum atomic E-state index is -4.70. The van der Waals surface area contributed by atoms with E-state index < -0.39 is 20.0 Å². The number of carbonyl (C=O) groups is 2. The number of unbranched alkanes of at least 4 members (excludes halogenated alkanes) is 41. The minimum Gasteiger partial charge on any atom is -0.756 e. The van der Waals surface area contributed by atoms with Crippen LogP contribution in [0.1, 0.15) is 342 Å². The fourth-order valence-electron chi connectivity index (χ4n) is 10.4. The van der Waals surface area contributed by atoms with Gasteiger partial charge in [0.25, 0.3) is 7.82 Å². The number of likely N-dealkylation sites (N-methyl/N-ethyl adjacent to an activating group) is 1. The molecule has 9 nitrogen and oxygen atoms in total. The highest BCUT2D eigenvalue weighted by molar-refractivity contribution is 7.45. The molecule has 0 aliphatic heterocycles. The van der Waals surface area contributed by atoms with Crippen LogP contribution in [-0.2, 0) is 27.9 Å². The maximum atomic E-state index is 13.6. The lowest BCUT2D eigenvalue weighted by molar-refractivity contribution is -0.870. The van der Waals surface area contributed by atoms with Gasteiger partial charge in [-0.3, -0.25) is 14.2 Å². The van der Waals surface area contributed by atoms with Crippen LogP contribution in [0.15, 0.2) is 60.8 Å². The molecule has 10 heteroatoms. The van der Waals surface area contributed by atoms with Gasteiger partial charge in [-0.2, -0.15) is 0 Å². The Morgan fingerprint density at radius 3 is 1.13 bits per heavy atom. The second kappa shape index (κ2) is 62.8. The molecule has 0 aromatic heterocycles. The summed E-state index contributed by atoms with van der Waals surface area (Å²) in [5.74, 6) is -0.532. The van der Waals surface area contributed by atoms with Gasteiger partial charge in [-0.15, -0.1) is 0 Å². The largest absolute Gasteiger partial charge is 0.756 e. The summed E-state index contributed by atoms with van der Waals surface area (Å²) in [5.41, 5.74) is 0. The van der Waals surface area contributed by atoms with Gasteiger partial charge in [0.1, 0.15) is 19.3 Å². The van der Waals surface area contributed by atoms with E-state index in [0.29, 0.717) is 17.4 Å². The molecular formula is C73H137N2O7P. The summed E-state index contributed by atoms with van der Waals surface area (Å²) in [5, 5.41) is 3.04. The van der Waals surface area contributed by atoms with Gasteiger partial charge in [-0.25, -0.2) is 0 Å². The molecule has 0 aliphatic carbocycles. The number of quaternary nitrogens is 1. The summed E-state index contributed by atoms with van der Waals surface area (Å²) in [7, 11) is 1.19. The molecule has 0 spiro atoms. The number of amides is 1. The third-order valence-corrected chi connectivity index (χ3v) is 16.9. The third kappa shape index (κ3) is 64.0. The van der Waals surface area contributed by atoms with Crippen LogP contribution in [0.3, 0.4) is 0 Å². The fraction of sp³-hybridized carbons (Fsp3) is 0.836. The second-order valence-electron chi connectivity index (χ2n) is 25.4. The smallest absolute Gasteiger partial charge is 0.306 e. The van der Waals surface area contributed by atoms with Crippen molar-refractivity contribution in [1.82, 2.24) is 5.32 Å². The predicted octanol–water partition coefficient (Wildman–Crippen LogP) is 21.9. The highest BCUT2D eigenvalue weighted by Crippen LogP contribution is 2.38. The van der Waals surface area contributed by atoms with E-state index in [0.717, 1.165) is 70.6 Å². The predicted molar refractivity (Wildman–Crippen MR) is 358 cm³/mol. The average molecular weight is 1190 g/mol. The number of hydrogen-bond donors (Lipinski definition) is 1. The molecule has 0 saturated heterocycles. The quantitative estimate of drug-likeness (QED) is 0.0212. The molecule has 0 radical (unpaired) electrons. The monoisotopic (exact) mass is 1190 g/mol. The molecule has 486 valence electrons. The topological polar surface area (TPSA) is 114 Å². The van der Waals surface area contributed by atoms with Crippen molar-refractivity contribution in [3.05, 3.63) is 60.8 Å². The molecule has 0 fully saturated rings. The van der Waals surface area contributed by atoms with Crippen molar-refractivity contribution < 1.29 is 37.3 Å². The summed E-state index contributed by atoms with van der Waals surface area (Å²) in [6, 6.07) is -0.890. The first kappa shape index (κ1) is 80.7. The summed E-state index contributed by atoms with van der Waals surface area (Å²) in [4.78, 5) is 40.2. The van der Waals surface area contributed by atoms with Crippen LogP contribution in [0.4, 0.5) is 0 Å². The van der Waals surface area contributed by atoms with Crippen LogP contribution in [0.5, 0.6) is 0 Å². The van der Waals surface area contributed by atoms with Crippen LogP contribution < -0.4 is 10.2 Å². The molecule has 1 N–H and O–H groups in total. The number of phosphoric acid groups is 1. The van der Waals surface area contributed by atoms with Gasteiger partial charge in [-0.05, 0) is 96.0 Å². The molecule has 0 aromatic carbocycles. The lowest BCUT2D eigenvalue weighted by Gasteiger charge is -2.30. The van der Waals surface area contributed by atoms with Gasteiger partial charge in [0.2, 0.25) is 5.91 Å². The molecule has 1 amide bonds. The van der Waals surface area contributed by atoms with Gasteiger partial charge in [0.15, 0.2) is 0 Å². The van der Waals surface area contributed by atoms with Crippen molar-refractivity contribution in [2.45, 2.75) is 354 Å². The number of esters is 1. The van der Waals surface area contributed by atoms with E-state index in [4.69, 9.17) is 13.8 Å². The number of hydrogen-bond acceptors (Lipinski definition) is 7. The summed E-state index contributed by atoms with van der Waals surface area (Å²) in [6.07, 6.45) is 80.6. The number of carbonyl (C=O) groups excluding carboxylic acids is 2. The van der Waals surface area contributed by atoms with E-state index in [1.807, 2.05) is 33.3 Å². The summed E-state index contributed by atoms with van der Waals surface area (Å²) >= 11 is 0. The van der Waals surface area contributed by atoms with Crippen molar-refractivity contribution in [3.8, 4) is 0 Å². The van der Waals surface area contributed by atoms with E-state index in [1.165, 1.54) is 238 Å². The van der Waals surface area contributed by atoms with Gasteiger partial charge >= 0.3 is 5.97 Å². The number of nitrogens with one attached hydrogen (secondary N) is 1. The molecule has 0 saturated carbocycles. The molecule has 0 aliphatic rings. The zero-order valence-electron chi connectivity index (χ0n) is 55.7. The normalized spacial score (nSPS) is 13.9. The van der Waals surface area contributed by atoms with Crippen LogP contribution >= 0.6 is 7.82 Å². The van der Waals surface area contributed by atoms with E-state index in [2.05, 4.69) is 74.7 Å². The van der Waals surface area contributed by atoms with Gasteiger partial charge in [-0.1, -0.05) is 294 Å². The molecule has 83 heavy (non-hydrogen) atoms. The third-order valence-electron chi connectivity index (χ3n) is 15.9. The number of rotatable bonds is 65. The highest BCUT2D eigenvalue weighted by Gasteiger charge is 2.27. The van der Waals surface area contributed by atoms with Crippen LogP contribution in [-0.4, -0.2) is 69.4 Å². The van der Waals surface area contributed by atoms with Crippen LogP contribution in [0.25, 0.3) is 0 Å². The van der Waals surface area contributed by atoms with Crippen LogP contribution in [0, 0.1) is 0 Å². The van der Waals surface area contributed by atoms with Crippen molar-refractivity contribution in [2.75, 3.05) is 40.9 Å². The molecule has 0 heterocycles. The molecule has 0 bridgehead atoms. The first-order chi connectivity index (χ1) is 40.4. The average Bonchev–Trinajstić information content (AvgIpc) is 3.51. The Bertz CT molecular complexity index is 1600. The minimum absolute atomic E-state index is 0.0225. The lowest BCUT2D eigenvalue weighted by Crippen LogP contribution is -2.47. The number of ether oxygens (including phenoxy) is 1. The van der Waals surface area contributed by atoms with Crippen molar-refractivity contribution in [2.24, 2.45) is 0 Å². The van der Waals surface area contributed by atoms with Crippen molar-refractivity contribution in [1.29, 1.82) is 0 Å². The fourth-order valence-corrected chi connectivity index (χ4v) is 11.1. The maximum absolute atomic E-state index is 13.6. The Kier molecular flexibility index (Phi) is 61.0. The van der Waals surface area contributed by atoms with Crippen molar-refractivity contribution in [3.63, 3.8) is 0 Å². The standard InChI is InChI=1S/C73H137N2O7P/c1-7-10-13-16-19-22-25-27-29-31-33-35-36-37-38-40-42-44-46-48-51-54-57-60-63-66-73(77)82-71(64-61-58-55-52-49-24-21-18-15-12-9-3)70(69-81-83(78,79)80-68-67-75(4,5)6)74-72(76)65-62-59-56-53-50-47-45-43-41-39-34-32-30-28-26-23-20-17-14-11-8-2/h19,22,27-30,33,35,61,64,70-71H,7-18,20-21,23-26,31-32,34,36-60,62-63,65-69H2,1-6H3,(H-,74,76,78,79)/b22-19-,29-27-,30-28+,35-33-,64-61+. The van der Waals surface area contributed by atoms with E-state index in [-0.39, 0.29) is 31.5 Å². The molecule has 0 rings (SSSR count). The van der Waals surface area contributed by atoms with E-state index in [9.17, 15) is 19.0 Å². The Morgan fingerprint density at radius 1 is 0.422 bits per heavy atom. The number of phosphoric ester groups is 1. The zero-order valence-corrected chi connectivity index (χ0v) is 56.6. The number of allylic oxidation sites excluding steroid dienone is 9. The number of nitrogens with zero attached hydrogens (tertiary/aromatic N) is 1. The Morgan fingerprint density at radius 2 is 0.735 bits per heavy atom. The first-order valence-corrected chi connectivity index (χ1v) is 37.1. The Hall–Kier alpha value is -2.29. The zero-order chi connectivity index (χ0) is 60.7. The molecule has 3 atom stereocenters. The molecule has 3 unspecified atom stereocenters. The van der Waals surface area contributed by atoms with Crippen LogP contribution in [0.2, 0.25) is 0 Å². The Labute approximate surface area is 515 Å². The van der Waals surface area contributed by atoms with Gasteiger partial charge < -0.3 is 28.5 Å². The van der Waals surface area contributed by atoms with E-state index >= 15 is 0 Å². The van der Waals surface area contributed by atoms with E-state index in [1.54, 1.807) is 0 Å².